The third kappa shape index (κ3) is 6.16. The molecule has 4 heteroatoms. The van der Waals surface area contributed by atoms with Crippen molar-refractivity contribution >= 4 is 21.9 Å². The van der Waals surface area contributed by atoms with Gasteiger partial charge in [-0.25, -0.2) is 15.0 Å². The molecular formula is C51H33N3O. The summed E-state index contributed by atoms with van der Waals surface area (Å²) in [5, 5.41) is 1.98. The zero-order valence-corrected chi connectivity index (χ0v) is 29.8. The van der Waals surface area contributed by atoms with E-state index < -0.39 is 0 Å². The van der Waals surface area contributed by atoms with Crippen LogP contribution in [-0.4, -0.2) is 15.0 Å². The monoisotopic (exact) mass is 703 g/mol. The van der Waals surface area contributed by atoms with Crippen molar-refractivity contribution in [1.29, 1.82) is 0 Å². The Morgan fingerprint density at radius 2 is 0.709 bits per heavy atom. The van der Waals surface area contributed by atoms with Crippen LogP contribution in [0.4, 0.5) is 0 Å². The van der Waals surface area contributed by atoms with E-state index in [2.05, 4.69) is 146 Å². The Labute approximate surface area is 319 Å². The van der Waals surface area contributed by atoms with Crippen LogP contribution in [0.5, 0.6) is 0 Å². The molecule has 0 fully saturated rings. The van der Waals surface area contributed by atoms with Crippen LogP contribution < -0.4 is 0 Å². The van der Waals surface area contributed by atoms with Crippen LogP contribution in [0.2, 0.25) is 0 Å². The Hall–Kier alpha value is -7.43. The van der Waals surface area contributed by atoms with E-state index in [4.69, 9.17) is 19.4 Å². The molecule has 0 atom stereocenters. The molecule has 0 saturated carbocycles. The molecule has 0 aliphatic rings. The summed E-state index contributed by atoms with van der Waals surface area (Å²) < 4.78 is 6.72. The summed E-state index contributed by atoms with van der Waals surface area (Å²) in [6.07, 6.45) is 0. The molecule has 0 N–H and O–H groups in total. The lowest BCUT2D eigenvalue weighted by Gasteiger charge is -2.10. The van der Waals surface area contributed by atoms with Gasteiger partial charge >= 0.3 is 0 Å². The van der Waals surface area contributed by atoms with Crippen molar-refractivity contribution in [3.8, 4) is 78.7 Å². The zero-order chi connectivity index (χ0) is 36.6. The van der Waals surface area contributed by atoms with Crippen molar-refractivity contribution in [2.75, 3.05) is 0 Å². The van der Waals surface area contributed by atoms with Crippen molar-refractivity contribution in [3.05, 3.63) is 200 Å². The fourth-order valence-electron chi connectivity index (χ4n) is 7.40. The molecule has 0 aliphatic heterocycles. The van der Waals surface area contributed by atoms with Crippen LogP contribution in [-0.2, 0) is 0 Å². The molecule has 0 aliphatic carbocycles. The minimum atomic E-state index is 0.593. The van der Waals surface area contributed by atoms with E-state index in [9.17, 15) is 0 Å². The topological polar surface area (TPSA) is 51.8 Å². The first-order valence-corrected chi connectivity index (χ1v) is 18.4. The Kier molecular flexibility index (Phi) is 8.12. The molecule has 10 rings (SSSR count). The van der Waals surface area contributed by atoms with Gasteiger partial charge in [-0.15, -0.1) is 0 Å². The molecule has 0 spiro atoms. The van der Waals surface area contributed by atoms with Gasteiger partial charge in [-0.05, 0) is 51.1 Å². The van der Waals surface area contributed by atoms with E-state index in [1.54, 1.807) is 0 Å². The van der Waals surface area contributed by atoms with Gasteiger partial charge in [-0.3, -0.25) is 0 Å². The summed E-state index contributed by atoms with van der Waals surface area (Å²) in [5.41, 5.74) is 13.5. The summed E-state index contributed by atoms with van der Waals surface area (Å²) >= 11 is 0. The lowest BCUT2D eigenvalue weighted by atomic mass is 9.96. The highest BCUT2D eigenvalue weighted by molar-refractivity contribution is 6.15. The SMILES string of the molecule is c1ccc(-c2ccc(-c3cccc(-c4cccc5c4oc4cccc(-c6nc(-c7ccccc7)nc(-c7ccc(-c8ccccc8)cc7)n6)c45)c3)cc2)cc1. The van der Waals surface area contributed by atoms with Crippen molar-refractivity contribution in [1.82, 2.24) is 15.0 Å². The predicted molar refractivity (Wildman–Crippen MR) is 225 cm³/mol. The normalized spacial score (nSPS) is 11.3. The molecule has 0 bridgehead atoms. The van der Waals surface area contributed by atoms with Gasteiger partial charge < -0.3 is 4.42 Å². The Morgan fingerprint density at radius 3 is 1.33 bits per heavy atom. The lowest BCUT2D eigenvalue weighted by molar-refractivity contribution is 0.670. The minimum Gasteiger partial charge on any atom is -0.455 e. The zero-order valence-electron chi connectivity index (χ0n) is 29.8. The van der Waals surface area contributed by atoms with E-state index in [1.165, 1.54) is 11.1 Å². The third-order valence-corrected chi connectivity index (χ3v) is 10.2. The largest absolute Gasteiger partial charge is 0.455 e. The van der Waals surface area contributed by atoms with Crippen LogP contribution in [0.3, 0.4) is 0 Å². The minimum absolute atomic E-state index is 0.593. The first kappa shape index (κ1) is 32.2. The van der Waals surface area contributed by atoms with Crippen LogP contribution in [0.1, 0.15) is 0 Å². The number of furan rings is 1. The van der Waals surface area contributed by atoms with Crippen molar-refractivity contribution < 1.29 is 4.42 Å². The summed E-state index contributed by atoms with van der Waals surface area (Å²) in [7, 11) is 0. The first-order valence-electron chi connectivity index (χ1n) is 18.4. The van der Waals surface area contributed by atoms with Crippen molar-refractivity contribution in [2.24, 2.45) is 0 Å². The summed E-state index contributed by atoms with van der Waals surface area (Å²) in [4.78, 5) is 15.2. The Balaban J connectivity index is 1.07. The fraction of sp³-hybridized carbons (Fsp3) is 0. The number of benzene rings is 8. The molecule has 55 heavy (non-hydrogen) atoms. The van der Waals surface area contributed by atoms with Crippen LogP contribution >= 0.6 is 0 Å². The highest BCUT2D eigenvalue weighted by Crippen LogP contribution is 2.41. The number of para-hydroxylation sites is 1. The lowest BCUT2D eigenvalue weighted by Crippen LogP contribution is -2.00. The van der Waals surface area contributed by atoms with Crippen molar-refractivity contribution in [3.63, 3.8) is 0 Å². The smallest absolute Gasteiger partial charge is 0.164 e. The number of nitrogens with zero attached hydrogens (tertiary/aromatic N) is 3. The highest BCUT2D eigenvalue weighted by Gasteiger charge is 2.20. The maximum absolute atomic E-state index is 6.72. The van der Waals surface area contributed by atoms with E-state index >= 15 is 0 Å². The molecule has 10 aromatic rings. The van der Waals surface area contributed by atoms with Gasteiger partial charge in [-0.1, -0.05) is 188 Å². The molecule has 8 aromatic carbocycles. The summed E-state index contributed by atoms with van der Waals surface area (Å²) in [5.74, 6) is 1.82. The average molecular weight is 704 g/mol. The molecule has 0 unspecified atom stereocenters. The Bertz CT molecular complexity index is 2940. The van der Waals surface area contributed by atoms with Gasteiger partial charge in [0.1, 0.15) is 11.2 Å². The second kappa shape index (κ2) is 13.8. The fourth-order valence-corrected chi connectivity index (χ4v) is 7.40. The number of hydrogen-bond donors (Lipinski definition) is 0. The third-order valence-electron chi connectivity index (χ3n) is 10.2. The molecule has 0 saturated heterocycles. The van der Waals surface area contributed by atoms with Gasteiger partial charge in [0, 0.05) is 33.0 Å². The van der Waals surface area contributed by atoms with Crippen molar-refractivity contribution in [2.45, 2.75) is 0 Å². The molecule has 4 nitrogen and oxygen atoms in total. The van der Waals surface area contributed by atoms with Crippen LogP contribution in [0.25, 0.3) is 101 Å². The predicted octanol–water partition coefficient (Wildman–Crippen LogP) is 13.4. The maximum Gasteiger partial charge on any atom is 0.164 e. The van der Waals surface area contributed by atoms with E-state index in [0.717, 1.165) is 72.0 Å². The van der Waals surface area contributed by atoms with E-state index in [1.807, 2.05) is 54.6 Å². The maximum atomic E-state index is 6.72. The summed E-state index contributed by atoms with van der Waals surface area (Å²) in [6.45, 7) is 0. The van der Waals surface area contributed by atoms with Crippen LogP contribution in [0.15, 0.2) is 205 Å². The number of aromatic nitrogens is 3. The van der Waals surface area contributed by atoms with Crippen LogP contribution in [0, 0.1) is 0 Å². The first-order chi connectivity index (χ1) is 27.2. The summed E-state index contributed by atoms with van der Waals surface area (Å²) in [6, 6.07) is 69.3. The van der Waals surface area contributed by atoms with Gasteiger partial charge in [-0.2, -0.15) is 0 Å². The number of rotatable bonds is 7. The molecule has 2 heterocycles. The molecule has 2 aromatic heterocycles. The number of fused-ring (bicyclic) bond motifs is 3. The van der Waals surface area contributed by atoms with Gasteiger partial charge in [0.25, 0.3) is 0 Å². The molecule has 258 valence electrons. The number of hydrogen-bond acceptors (Lipinski definition) is 4. The highest BCUT2D eigenvalue weighted by atomic mass is 16.3. The van der Waals surface area contributed by atoms with Gasteiger partial charge in [0.2, 0.25) is 0 Å². The van der Waals surface area contributed by atoms with Gasteiger partial charge in [0.05, 0.1) is 0 Å². The average Bonchev–Trinajstić information content (AvgIpc) is 3.67. The molecule has 0 amide bonds. The second-order valence-electron chi connectivity index (χ2n) is 13.6. The quantitative estimate of drug-likeness (QED) is 0.166. The van der Waals surface area contributed by atoms with E-state index in [0.29, 0.717) is 17.5 Å². The molecular weight excluding hydrogens is 671 g/mol. The van der Waals surface area contributed by atoms with Gasteiger partial charge in [0.15, 0.2) is 17.5 Å². The van der Waals surface area contributed by atoms with E-state index in [-0.39, 0.29) is 0 Å². The second-order valence-corrected chi connectivity index (χ2v) is 13.6. The Morgan fingerprint density at radius 1 is 0.291 bits per heavy atom. The molecule has 0 radical (unpaired) electrons. The standard InChI is InChI=1S/C51H33N3O/c1-4-13-34(14-5-1)36-25-27-38(28-26-36)41-19-10-20-42(33-41)43-21-11-22-44-47-45(23-12-24-46(47)55-48(43)44)51-53-49(39-17-8-3-9-18-39)52-50(54-51)40-31-29-37(30-32-40)35-15-6-2-7-16-35/h1-33H.